The van der Waals surface area contributed by atoms with E-state index in [1.54, 1.807) is 4.52 Å². The number of hydrogen-bond donors (Lipinski definition) is 1. The Morgan fingerprint density at radius 1 is 1.19 bits per heavy atom. The van der Waals surface area contributed by atoms with E-state index in [9.17, 15) is 0 Å². The van der Waals surface area contributed by atoms with Gasteiger partial charge in [0.25, 0.3) is 0 Å². The molecule has 1 aliphatic heterocycles. The Morgan fingerprint density at radius 2 is 2.11 bits per heavy atom. The molecule has 0 amide bonds. The standard InChI is InChI=1S/C20H18ClN5O/c21-14-6-3-5-13(11-14)18-20-23-19(22-12-15-7-4-10-27-15)16-8-1-2-9-17(16)26(20)25-24-18/h1-3,5-6,8-9,11,15H,4,7,10,12H2,(H,22,23)/t15-/m1/s1. The fraction of sp³-hybridized carbons (Fsp3) is 0.250. The minimum Gasteiger partial charge on any atom is -0.376 e. The van der Waals surface area contributed by atoms with Crippen molar-refractivity contribution in [2.75, 3.05) is 18.5 Å². The van der Waals surface area contributed by atoms with Crippen LogP contribution in [0.2, 0.25) is 5.02 Å². The van der Waals surface area contributed by atoms with Crippen LogP contribution < -0.4 is 5.32 Å². The number of fused-ring (bicyclic) bond motifs is 3. The number of ether oxygens (including phenoxy) is 1. The van der Waals surface area contributed by atoms with E-state index in [4.69, 9.17) is 21.3 Å². The van der Waals surface area contributed by atoms with Crippen molar-refractivity contribution in [3.8, 4) is 11.3 Å². The number of nitrogens with one attached hydrogen (secondary N) is 1. The molecule has 2 aromatic carbocycles. The molecule has 3 heterocycles. The fourth-order valence-corrected chi connectivity index (χ4v) is 3.73. The molecular formula is C20H18ClN5O. The lowest BCUT2D eigenvalue weighted by Crippen LogP contribution is -2.19. The summed E-state index contributed by atoms with van der Waals surface area (Å²) >= 11 is 6.16. The molecule has 0 bridgehead atoms. The highest BCUT2D eigenvalue weighted by molar-refractivity contribution is 6.30. The topological polar surface area (TPSA) is 64.3 Å². The Kier molecular flexibility index (Phi) is 4.14. The summed E-state index contributed by atoms with van der Waals surface area (Å²) in [5.74, 6) is 0.819. The van der Waals surface area contributed by atoms with Gasteiger partial charge in [0.15, 0.2) is 5.65 Å². The van der Waals surface area contributed by atoms with Crippen LogP contribution in [0.1, 0.15) is 12.8 Å². The highest BCUT2D eigenvalue weighted by atomic mass is 35.5. The van der Waals surface area contributed by atoms with Crippen molar-refractivity contribution in [3.63, 3.8) is 0 Å². The molecular weight excluding hydrogens is 362 g/mol. The molecule has 4 aromatic rings. The van der Waals surface area contributed by atoms with Gasteiger partial charge in [0.2, 0.25) is 0 Å². The molecule has 0 aliphatic carbocycles. The fourth-order valence-electron chi connectivity index (χ4n) is 3.54. The van der Waals surface area contributed by atoms with Crippen LogP contribution in [0, 0.1) is 0 Å². The first-order valence-corrected chi connectivity index (χ1v) is 9.43. The molecule has 27 heavy (non-hydrogen) atoms. The molecule has 1 saturated heterocycles. The average molecular weight is 380 g/mol. The molecule has 0 spiro atoms. The van der Waals surface area contributed by atoms with Gasteiger partial charge < -0.3 is 10.1 Å². The van der Waals surface area contributed by atoms with Crippen molar-refractivity contribution in [1.82, 2.24) is 19.8 Å². The van der Waals surface area contributed by atoms with E-state index >= 15 is 0 Å². The van der Waals surface area contributed by atoms with Gasteiger partial charge in [-0.2, -0.15) is 4.52 Å². The zero-order chi connectivity index (χ0) is 18.2. The third-order valence-electron chi connectivity index (χ3n) is 4.87. The van der Waals surface area contributed by atoms with E-state index in [0.29, 0.717) is 16.4 Å². The van der Waals surface area contributed by atoms with Gasteiger partial charge >= 0.3 is 0 Å². The molecule has 2 aromatic heterocycles. The van der Waals surface area contributed by atoms with E-state index in [0.717, 1.165) is 48.3 Å². The van der Waals surface area contributed by atoms with Crippen LogP contribution in [0.15, 0.2) is 48.5 Å². The normalized spacial score (nSPS) is 17.0. The van der Waals surface area contributed by atoms with Crippen LogP contribution in [-0.4, -0.2) is 39.1 Å². The second-order valence-electron chi connectivity index (χ2n) is 6.68. The number of anilines is 1. The van der Waals surface area contributed by atoms with Crippen molar-refractivity contribution in [2.45, 2.75) is 18.9 Å². The van der Waals surface area contributed by atoms with Gasteiger partial charge in [-0.15, -0.1) is 5.10 Å². The van der Waals surface area contributed by atoms with Crippen LogP contribution >= 0.6 is 11.6 Å². The Morgan fingerprint density at radius 3 is 2.96 bits per heavy atom. The van der Waals surface area contributed by atoms with Gasteiger partial charge in [0.05, 0.1) is 11.6 Å². The largest absolute Gasteiger partial charge is 0.376 e. The Hall–Kier alpha value is -2.70. The smallest absolute Gasteiger partial charge is 0.186 e. The van der Waals surface area contributed by atoms with Gasteiger partial charge in [0.1, 0.15) is 11.5 Å². The summed E-state index contributed by atoms with van der Waals surface area (Å²) in [5.41, 5.74) is 3.26. The zero-order valence-electron chi connectivity index (χ0n) is 14.6. The molecule has 136 valence electrons. The minimum absolute atomic E-state index is 0.234. The van der Waals surface area contributed by atoms with Gasteiger partial charge in [-0.25, -0.2) is 4.98 Å². The molecule has 1 atom stereocenters. The molecule has 7 heteroatoms. The summed E-state index contributed by atoms with van der Waals surface area (Å²) in [6.07, 6.45) is 2.43. The van der Waals surface area contributed by atoms with Gasteiger partial charge in [-0.05, 0) is 37.1 Å². The number of rotatable bonds is 4. The van der Waals surface area contributed by atoms with Gasteiger partial charge in [-0.3, -0.25) is 0 Å². The minimum atomic E-state index is 0.234. The average Bonchev–Trinajstić information content (AvgIpc) is 3.36. The van der Waals surface area contributed by atoms with Crippen molar-refractivity contribution in [1.29, 1.82) is 0 Å². The third kappa shape index (κ3) is 3.01. The van der Waals surface area contributed by atoms with Crippen LogP contribution in [0.25, 0.3) is 27.8 Å². The van der Waals surface area contributed by atoms with Crippen LogP contribution in [0.4, 0.5) is 5.82 Å². The highest BCUT2D eigenvalue weighted by Gasteiger charge is 2.18. The number of halogens is 1. The Balaban J connectivity index is 1.64. The van der Waals surface area contributed by atoms with Gasteiger partial charge in [0, 0.05) is 29.1 Å². The zero-order valence-corrected chi connectivity index (χ0v) is 15.4. The van der Waals surface area contributed by atoms with Crippen LogP contribution in [0.5, 0.6) is 0 Å². The lowest BCUT2D eigenvalue weighted by molar-refractivity contribution is 0.120. The van der Waals surface area contributed by atoms with E-state index in [-0.39, 0.29) is 6.10 Å². The lowest BCUT2D eigenvalue weighted by Gasteiger charge is -2.13. The lowest BCUT2D eigenvalue weighted by atomic mass is 10.1. The van der Waals surface area contributed by atoms with Crippen LogP contribution in [-0.2, 0) is 4.74 Å². The molecule has 0 unspecified atom stereocenters. The predicted molar refractivity (Wildman–Crippen MR) is 106 cm³/mol. The van der Waals surface area contributed by atoms with E-state index in [1.165, 1.54) is 0 Å². The maximum atomic E-state index is 6.16. The molecule has 0 saturated carbocycles. The highest BCUT2D eigenvalue weighted by Crippen LogP contribution is 2.29. The van der Waals surface area contributed by atoms with E-state index in [2.05, 4.69) is 15.6 Å². The number of para-hydroxylation sites is 1. The quantitative estimate of drug-likeness (QED) is 0.576. The van der Waals surface area contributed by atoms with Crippen molar-refractivity contribution in [2.24, 2.45) is 0 Å². The molecule has 1 fully saturated rings. The molecule has 6 nitrogen and oxygen atoms in total. The van der Waals surface area contributed by atoms with Crippen molar-refractivity contribution in [3.05, 3.63) is 53.6 Å². The molecule has 5 rings (SSSR count). The number of benzene rings is 2. The summed E-state index contributed by atoms with van der Waals surface area (Å²) in [5, 5.41) is 13.8. The first-order valence-electron chi connectivity index (χ1n) is 9.05. The first kappa shape index (κ1) is 16.5. The first-order chi connectivity index (χ1) is 13.3. The number of nitrogens with zero attached hydrogens (tertiary/aromatic N) is 4. The number of aromatic nitrogens is 4. The molecule has 1 N–H and O–H groups in total. The maximum absolute atomic E-state index is 6.16. The van der Waals surface area contributed by atoms with Crippen molar-refractivity contribution < 1.29 is 4.74 Å². The summed E-state index contributed by atoms with van der Waals surface area (Å²) < 4.78 is 7.51. The summed E-state index contributed by atoms with van der Waals surface area (Å²) in [6.45, 7) is 1.58. The second kappa shape index (κ2) is 6.79. The second-order valence-corrected chi connectivity index (χ2v) is 7.11. The van der Waals surface area contributed by atoms with Crippen molar-refractivity contribution >= 4 is 34.0 Å². The third-order valence-corrected chi connectivity index (χ3v) is 5.11. The van der Waals surface area contributed by atoms with E-state index in [1.807, 2.05) is 48.5 Å². The molecule has 1 aliphatic rings. The maximum Gasteiger partial charge on any atom is 0.186 e. The Labute approximate surface area is 161 Å². The SMILES string of the molecule is Clc1cccc(-c2nnn3c2nc(NC[C@H]2CCCO2)c2ccccc23)c1. The van der Waals surface area contributed by atoms with Gasteiger partial charge in [-0.1, -0.05) is 41.1 Å². The summed E-state index contributed by atoms with van der Waals surface area (Å²) in [4.78, 5) is 4.86. The predicted octanol–water partition coefficient (Wildman–Crippen LogP) is 4.19. The van der Waals surface area contributed by atoms with Crippen LogP contribution in [0.3, 0.4) is 0 Å². The molecule has 0 radical (unpaired) electrons. The monoisotopic (exact) mass is 379 g/mol. The summed E-state index contributed by atoms with van der Waals surface area (Å²) in [7, 11) is 0. The van der Waals surface area contributed by atoms with E-state index < -0.39 is 0 Å². The summed E-state index contributed by atoms with van der Waals surface area (Å²) in [6, 6.07) is 15.6. The Bertz CT molecular complexity index is 1120. The number of hydrogen-bond acceptors (Lipinski definition) is 5.